The van der Waals surface area contributed by atoms with Crippen LogP contribution < -0.4 is 11.1 Å². The van der Waals surface area contributed by atoms with Gasteiger partial charge in [0.15, 0.2) is 5.84 Å². The molecular formula is C12H22F3N3O. The smallest absolute Gasteiger partial charge is 0.400 e. The topological polar surface area (TPSA) is 70.6 Å². The van der Waals surface area contributed by atoms with Crippen molar-refractivity contribution in [1.29, 1.82) is 0 Å². The van der Waals surface area contributed by atoms with Crippen LogP contribution in [0.2, 0.25) is 0 Å². The van der Waals surface area contributed by atoms with Gasteiger partial charge in [0.05, 0.1) is 0 Å². The monoisotopic (exact) mass is 281 g/mol. The van der Waals surface area contributed by atoms with Crippen LogP contribution in [-0.4, -0.2) is 30.3 Å². The number of nitrogens with one attached hydrogen (secondary N) is 1. The predicted octanol–water partition coefficient (Wildman–Crippen LogP) is 2.47. The van der Waals surface area contributed by atoms with Gasteiger partial charge >= 0.3 is 6.18 Å². The summed E-state index contributed by atoms with van der Waals surface area (Å²) < 4.78 is 38.2. The van der Waals surface area contributed by atoms with Crippen LogP contribution in [0.5, 0.6) is 0 Å². The van der Waals surface area contributed by atoms with Crippen molar-refractivity contribution < 1.29 is 18.4 Å². The summed E-state index contributed by atoms with van der Waals surface area (Å²) in [6.45, 7) is 2.27. The molecule has 0 aliphatic heterocycles. The second-order valence-corrected chi connectivity index (χ2v) is 5.31. The third-order valence-corrected chi connectivity index (χ3v) is 4.13. The largest absolute Gasteiger partial charge is 0.409 e. The maximum absolute atomic E-state index is 12.7. The van der Waals surface area contributed by atoms with Gasteiger partial charge in [-0.25, -0.2) is 0 Å². The fourth-order valence-electron chi connectivity index (χ4n) is 2.72. The molecule has 0 amide bonds. The van der Waals surface area contributed by atoms with Crippen molar-refractivity contribution in [2.75, 3.05) is 13.1 Å². The molecule has 0 aromatic carbocycles. The van der Waals surface area contributed by atoms with E-state index in [1.807, 2.05) is 0 Å². The summed E-state index contributed by atoms with van der Waals surface area (Å²) in [4.78, 5) is 0. The van der Waals surface area contributed by atoms with Crippen LogP contribution in [0.25, 0.3) is 0 Å². The van der Waals surface area contributed by atoms with Crippen molar-refractivity contribution >= 4 is 5.84 Å². The molecule has 1 aliphatic rings. The third kappa shape index (κ3) is 4.26. The zero-order chi connectivity index (χ0) is 14.5. The summed E-state index contributed by atoms with van der Waals surface area (Å²) in [6, 6.07) is 0. The second-order valence-electron chi connectivity index (χ2n) is 5.31. The minimum Gasteiger partial charge on any atom is -0.409 e. The maximum atomic E-state index is 12.7. The van der Waals surface area contributed by atoms with E-state index in [9.17, 15) is 13.2 Å². The van der Waals surface area contributed by atoms with Gasteiger partial charge in [0.2, 0.25) is 0 Å². The highest BCUT2D eigenvalue weighted by molar-refractivity contribution is 5.83. The lowest BCUT2D eigenvalue weighted by molar-refractivity contribution is -0.155. The van der Waals surface area contributed by atoms with Gasteiger partial charge in [-0.1, -0.05) is 24.9 Å². The Kier molecular flexibility index (Phi) is 5.46. The van der Waals surface area contributed by atoms with Gasteiger partial charge in [0, 0.05) is 13.1 Å². The lowest BCUT2D eigenvalue weighted by atomic mass is 9.83. The van der Waals surface area contributed by atoms with Crippen molar-refractivity contribution in [2.45, 2.75) is 45.2 Å². The second kappa shape index (κ2) is 6.45. The molecule has 19 heavy (non-hydrogen) atoms. The van der Waals surface area contributed by atoms with Crippen LogP contribution in [0.3, 0.4) is 0 Å². The molecule has 0 spiro atoms. The molecule has 0 aromatic rings. The number of nitrogens with zero attached hydrogens (tertiary/aromatic N) is 1. The average molecular weight is 281 g/mol. The SMILES string of the molecule is CCC1(CNCC(C(N)=NO)C(F)(F)F)CCCC1. The number of nitrogens with two attached hydrogens (primary N) is 1. The van der Waals surface area contributed by atoms with Gasteiger partial charge in [0.1, 0.15) is 5.92 Å². The lowest BCUT2D eigenvalue weighted by Crippen LogP contribution is -2.45. The molecule has 0 radical (unpaired) electrons. The highest BCUT2D eigenvalue weighted by Gasteiger charge is 2.43. The Morgan fingerprint density at radius 2 is 2.00 bits per heavy atom. The molecule has 0 saturated heterocycles. The lowest BCUT2D eigenvalue weighted by Gasteiger charge is -2.29. The summed E-state index contributed by atoms with van der Waals surface area (Å²) in [5.74, 6) is -2.73. The molecule has 0 heterocycles. The van der Waals surface area contributed by atoms with E-state index in [0.717, 1.165) is 32.1 Å². The zero-order valence-corrected chi connectivity index (χ0v) is 11.1. The van der Waals surface area contributed by atoms with Gasteiger partial charge in [0.25, 0.3) is 0 Å². The first kappa shape index (κ1) is 16.1. The van der Waals surface area contributed by atoms with Crippen LogP contribution in [0.1, 0.15) is 39.0 Å². The highest BCUT2D eigenvalue weighted by atomic mass is 19.4. The number of alkyl halides is 3. The zero-order valence-electron chi connectivity index (χ0n) is 11.1. The molecule has 0 aromatic heterocycles. The summed E-state index contributed by atoms with van der Waals surface area (Å²) in [5, 5.41) is 13.7. The van der Waals surface area contributed by atoms with Crippen LogP contribution in [-0.2, 0) is 0 Å². The molecule has 1 fully saturated rings. The quantitative estimate of drug-likeness (QED) is 0.303. The molecule has 4 N–H and O–H groups in total. The molecule has 0 bridgehead atoms. The molecule has 7 heteroatoms. The van der Waals surface area contributed by atoms with Crippen LogP contribution in [0.15, 0.2) is 5.16 Å². The highest BCUT2D eigenvalue weighted by Crippen LogP contribution is 2.40. The Bertz CT molecular complexity index is 312. The molecular weight excluding hydrogens is 259 g/mol. The van der Waals surface area contributed by atoms with E-state index < -0.39 is 17.9 Å². The summed E-state index contributed by atoms with van der Waals surface area (Å²) in [6.07, 6.45) is 0.836. The molecule has 1 atom stereocenters. The van der Waals surface area contributed by atoms with Gasteiger partial charge in [-0.15, -0.1) is 0 Å². The Labute approximate surface area is 111 Å². The normalized spacial score (nSPS) is 21.6. The first-order chi connectivity index (χ1) is 8.84. The minimum atomic E-state index is -4.50. The summed E-state index contributed by atoms with van der Waals surface area (Å²) in [7, 11) is 0. The van der Waals surface area contributed by atoms with Gasteiger partial charge < -0.3 is 16.3 Å². The van der Waals surface area contributed by atoms with E-state index in [-0.39, 0.29) is 12.0 Å². The van der Waals surface area contributed by atoms with E-state index in [2.05, 4.69) is 17.4 Å². The first-order valence-electron chi connectivity index (χ1n) is 6.59. The van der Waals surface area contributed by atoms with Gasteiger partial charge in [-0.3, -0.25) is 0 Å². The minimum absolute atomic E-state index is 0.112. The molecule has 1 unspecified atom stereocenters. The molecule has 1 aliphatic carbocycles. The van der Waals surface area contributed by atoms with Crippen molar-refractivity contribution in [1.82, 2.24) is 5.32 Å². The van der Waals surface area contributed by atoms with Crippen LogP contribution in [0, 0.1) is 11.3 Å². The number of halogens is 3. The van der Waals surface area contributed by atoms with Crippen molar-refractivity contribution in [2.24, 2.45) is 22.2 Å². The fourth-order valence-corrected chi connectivity index (χ4v) is 2.72. The van der Waals surface area contributed by atoms with E-state index >= 15 is 0 Å². The summed E-state index contributed by atoms with van der Waals surface area (Å²) in [5.41, 5.74) is 5.22. The van der Waals surface area contributed by atoms with E-state index in [1.165, 1.54) is 0 Å². The number of amidine groups is 1. The number of rotatable bonds is 6. The van der Waals surface area contributed by atoms with Gasteiger partial charge in [-0.2, -0.15) is 13.2 Å². The van der Waals surface area contributed by atoms with Gasteiger partial charge in [-0.05, 0) is 24.7 Å². The average Bonchev–Trinajstić information content (AvgIpc) is 2.81. The molecule has 1 saturated carbocycles. The Morgan fingerprint density at radius 3 is 2.42 bits per heavy atom. The number of oxime groups is 1. The molecule has 112 valence electrons. The Morgan fingerprint density at radius 1 is 1.42 bits per heavy atom. The van der Waals surface area contributed by atoms with Crippen molar-refractivity contribution in [3.8, 4) is 0 Å². The molecule has 4 nitrogen and oxygen atoms in total. The Balaban J connectivity index is 2.53. The Hall–Kier alpha value is -0.980. The number of hydrogen-bond acceptors (Lipinski definition) is 3. The van der Waals surface area contributed by atoms with Crippen LogP contribution in [0.4, 0.5) is 13.2 Å². The van der Waals surface area contributed by atoms with E-state index in [0.29, 0.717) is 6.54 Å². The van der Waals surface area contributed by atoms with Crippen molar-refractivity contribution in [3.63, 3.8) is 0 Å². The predicted molar refractivity (Wildman–Crippen MR) is 67.0 cm³/mol. The first-order valence-corrected chi connectivity index (χ1v) is 6.59. The number of hydrogen-bond donors (Lipinski definition) is 3. The standard InChI is InChI=1S/C12H22F3N3O/c1-2-11(5-3-4-6-11)8-17-7-9(10(16)18-19)12(13,14)15/h9,17,19H,2-8H2,1H3,(H2,16,18). The maximum Gasteiger partial charge on any atom is 0.400 e. The summed E-state index contributed by atoms with van der Waals surface area (Å²) >= 11 is 0. The molecule has 1 rings (SSSR count). The van der Waals surface area contributed by atoms with Crippen molar-refractivity contribution in [3.05, 3.63) is 0 Å². The third-order valence-electron chi connectivity index (χ3n) is 4.13. The fraction of sp³-hybridized carbons (Fsp3) is 0.917. The van der Waals surface area contributed by atoms with E-state index in [1.54, 1.807) is 0 Å². The van der Waals surface area contributed by atoms with E-state index in [4.69, 9.17) is 10.9 Å². The van der Waals surface area contributed by atoms with Crippen LogP contribution >= 0.6 is 0 Å².